The summed E-state index contributed by atoms with van der Waals surface area (Å²) < 4.78 is 73.0. The Labute approximate surface area is 224 Å². The fourth-order valence-corrected chi connectivity index (χ4v) is 4.64. The molecule has 0 saturated carbocycles. The van der Waals surface area contributed by atoms with Crippen molar-refractivity contribution in [3.05, 3.63) is 92.7 Å². The first-order valence-corrected chi connectivity index (χ1v) is 12.3. The number of aryl methyl sites for hydroxylation is 3. The highest BCUT2D eigenvalue weighted by atomic mass is 35.5. The van der Waals surface area contributed by atoms with E-state index < -0.39 is 30.0 Å². The molecule has 2 aromatic heterocycles. The second kappa shape index (κ2) is 11.1. The first-order chi connectivity index (χ1) is 18.3. The van der Waals surface area contributed by atoms with Gasteiger partial charge in [0.15, 0.2) is 11.7 Å². The molecule has 0 radical (unpaired) electrons. The summed E-state index contributed by atoms with van der Waals surface area (Å²) in [7, 11) is 0. The SMILES string of the molecule is Cc1cc(Cl)cc(C)c1-n1cc(-c2nc(CCCCC(=O)C(F)(F)F)oc2-c2ccc(F)cc2F)ccc1=O. The maximum absolute atomic E-state index is 14.8. The number of pyridine rings is 1. The predicted molar refractivity (Wildman–Crippen MR) is 136 cm³/mol. The minimum Gasteiger partial charge on any atom is -0.440 e. The van der Waals surface area contributed by atoms with Crippen LogP contribution in [0.4, 0.5) is 22.0 Å². The number of nitrogens with zero attached hydrogens (tertiary/aromatic N) is 2. The molecule has 0 N–H and O–H groups in total. The number of rotatable bonds is 8. The van der Waals surface area contributed by atoms with Gasteiger partial charge in [-0.25, -0.2) is 13.8 Å². The molecule has 39 heavy (non-hydrogen) atoms. The molecule has 0 bridgehead atoms. The summed E-state index contributed by atoms with van der Waals surface area (Å²) in [5, 5.41) is 0.505. The third-order valence-electron chi connectivity index (χ3n) is 6.09. The van der Waals surface area contributed by atoms with Crippen LogP contribution in [0.25, 0.3) is 28.3 Å². The number of hydrogen-bond acceptors (Lipinski definition) is 4. The van der Waals surface area contributed by atoms with Gasteiger partial charge in [-0.15, -0.1) is 0 Å². The van der Waals surface area contributed by atoms with Crippen molar-refractivity contribution in [2.45, 2.75) is 45.7 Å². The molecular formula is C28H22ClF5N2O3. The Bertz CT molecular complexity index is 1580. The van der Waals surface area contributed by atoms with E-state index in [0.29, 0.717) is 22.3 Å². The number of alkyl halides is 3. The third-order valence-corrected chi connectivity index (χ3v) is 6.31. The second-order valence-electron chi connectivity index (χ2n) is 9.05. The quantitative estimate of drug-likeness (QED) is 0.164. The number of carbonyl (C=O) groups excluding carboxylic acids is 1. The highest BCUT2D eigenvalue weighted by molar-refractivity contribution is 6.30. The van der Waals surface area contributed by atoms with Gasteiger partial charge in [-0.2, -0.15) is 13.2 Å². The Morgan fingerprint density at radius 3 is 2.36 bits per heavy atom. The lowest BCUT2D eigenvalue weighted by atomic mass is 10.1. The van der Waals surface area contributed by atoms with Crippen LogP contribution in [0, 0.1) is 25.5 Å². The summed E-state index contributed by atoms with van der Waals surface area (Å²) in [5.41, 5.74) is 2.16. The number of unbranched alkanes of at least 4 members (excludes halogenated alkanes) is 1. The molecule has 0 spiro atoms. The molecule has 204 valence electrons. The van der Waals surface area contributed by atoms with Gasteiger partial charge in [0.2, 0.25) is 5.78 Å². The lowest BCUT2D eigenvalue weighted by Gasteiger charge is -2.14. The molecule has 4 aromatic rings. The van der Waals surface area contributed by atoms with Crippen LogP contribution in [0.1, 0.15) is 36.3 Å². The van der Waals surface area contributed by atoms with E-state index in [2.05, 4.69) is 4.98 Å². The van der Waals surface area contributed by atoms with Crippen LogP contribution < -0.4 is 5.56 Å². The number of carbonyl (C=O) groups is 1. The Morgan fingerprint density at radius 2 is 1.72 bits per heavy atom. The van der Waals surface area contributed by atoms with E-state index in [1.54, 1.807) is 26.0 Å². The number of aromatic nitrogens is 2. The molecule has 2 heterocycles. The largest absolute Gasteiger partial charge is 0.449 e. The van der Waals surface area contributed by atoms with Gasteiger partial charge in [-0.3, -0.25) is 14.2 Å². The van der Waals surface area contributed by atoms with Gasteiger partial charge in [0.05, 0.1) is 11.3 Å². The van der Waals surface area contributed by atoms with Crippen LogP contribution in [0.15, 0.2) is 57.9 Å². The molecule has 0 aliphatic heterocycles. The van der Waals surface area contributed by atoms with Crippen LogP contribution in [-0.2, 0) is 11.2 Å². The Kier molecular flexibility index (Phi) is 8.06. The van der Waals surface area contributed by atoms with Crippen LogP contribution in [0.5, 0.6) is 0 Å². The molecule has 0 amide bonds. The average molecular weight is 565 g/mol. The lowest BCUT2D eigenvalue weighted by molar-refractivity contribution is -0.171. The molecule has 0 saturated heterocycles. The van der Waals surface area contributed by atoms with Crippen molar-refractivity contribution in [3.63, 3.8) is 0 Å². The number of ketones is 1. The van der Waals surface area contributed by atoms with Gasteiger partial charge in [0.1, 0.15) is 17.3 Å². The van der Waals surface area contributed by atoms with E-state index in [4.69, 9.17) is 16.0 Å². The van der Waals surface area contributed by atoms with Gasteiger partial charge in [-0.1, -0.05) is 11.6 Å². The maximum atomic E-state index is 14.8. The summed E-state index contributed by atoms with van der Waals surface area (Å²) in [5.74, 6) is -3.48. The molecule has 2 aromatic carbocycles. The zero-order valence-electron chi connectivity index (χ0n) is 20.8. The molecule has 0 atom stereocenters. The van der Waals surface area contributed by atoms with Crippen molar-refractivity contribution in [2.75, 3.05) is 0 Å². The topological polar surface area (TPSA) is 65.1 Å². The molecule has 0 fully saturated rings. The predicted octanol–water partition coefficient (Wildman–Crippen LogP) is 7.55. The summed E-state index contributed by atoms with van der Waals surface area (Å²) in [6, 6.07) is 9.13. The van der Waals surface area contributed by atoms with E-state index in [9.17, 15) is 31.5 Å². The monoisotopic (exact) mass is 564 g/mol. The summed E-state index contributed by atoms with van der Waals surface area (Å²) in [6.07, 6.45) is -3.91. The normalized spacial score (nSPS) is 11.7. The fraction of sp³-hybridized carbons (Fsp3) is 0.250. The van der Waals surface area contributed by atoms with E-state index in [0.717, 1.165) is 17.2 Å². The van der Waals surface area contributed by atoms with Gasteiger partial charge in [0, 0.05) is 41.8 Å². The van der Waals surface area contributed by atoms with E-state index in [1.807, 2.05) is 0 Å². The van der Waals surface area contributed by atoms with Crippen LogP contribution in [0.2, 0.25) is 5.02 Å². The van der Waals surface area contributed by atoms with Crippen molar-refractivity contribution in [3.8, 4) is 28.3 Å². The first-order valence-electron chi connectivity index (χ1n) is 11.9. The van der Waals surface area contributed by atoms with E-state index in [-0.39, 0.29) is 47.7 Å². The summed E-state index contributed by atoms with van der Waals surface area (Å²) >= 11 is 6.14. The fourth-order valence-electron chi connectivity index (χ4n) is 4.31. The van der Waals surface area contributed by atoms with Crippen molar-refractivity contribution in [1.82, 2.24) is 9.55 Å². The minimum absolute atomic E-state index is 0.0383. The Morgan fingerprint density at radius 1 is 1.03 bits per heavy atom. The highest BCUT2D eigenvalue weighted by Crippen LogP contribution is 2.35. The first kappa shape index (κ1) is 28.2. The van der Waals surface area contributed by atoms with Crippen molar-refractivity contribution < 1.29 is 31.2 Å². The molecular weight excluding hydrogens is 543 g/mol. The molecule has 0 aliphatic carbocycles. The standard InChI is InChI=1S/C28H22ClF5N2O3/c1-15-11-18(29)12-16(2)26(15)36-14-17(7-10-24(36)38)25-27(20-9-8-19(30)13-21(20)31)39-23(35-25)6-4-3-5-22(37)28(32,33)34/h7-14H,3-6H2,1-2H3. The van der Waals surface area contributed by atoms with Crippen LogP contribution >= 0.6 is 11.6 Å². The van der Waals surface area contributed by atoms with Crippen molar-refractivity contribution in [2.24, 2.45) is 0 Å². The molecule has 4 rings (SSSR count). The minimum atomic E-state index is -4.90. The zero-order chi connectivity index (χ0) is 28.5. The van der Waals surface area contributed by atoms with E-state index in [1.165, 1.54) is 29.0 Å². The number of Topliss-reactive ketones (excluding diaryl/α,β-unsaturated/α-hetero) is 1. The van der Waals surface area contributed by atoms with Crippen molar-refractivity contribution >= 4 is 17.4 Å². The maximum Gasteiger partial charge on any atom is 0.449 e. The summed E-state index contributed by atoms with van der Waals surface area (Å²) in [4.78, 5) is 28.4. The number of benzene rings is 2. The number of halogens is 6. The zero-order valence-corrected chi connectivity index (χ0v) is 21.6. The van der Waals surface area contributed by atoms with Crippen molar-refractivity contribution in [1.29, 1.82) is 0 Å². The van der Waals surface area contributed by atoms with Gasteiger partial charge < -0.3 is 4.42 Å². The average Bonchev–Trinajstić information content (AvgIpc) is 3.25. The molecule has 0 unspecified atom stereocenters. The Hall–Kier alpha value is -3.79. The highest BCUT2D eigenvalue weighted by Gasteiger charge is 2.37. The molecule has 0 aliphatic rings. The number of hydrogen-bond donors (Lipinski definition) is 0. The van der Waals surface area contributed by atoms with Gasteiger partial charge >= 0.3 is 6.18 Å². The lowest BCUT2D eigenvalue weighted by Crippen LogP contribution is -2.22. The van der Waals surface area contributed by atoms with Crippen LogP contribution in [-0.4, -0.2) is 21.5 Å². The van der Waals surface area contributed by atoms with Crippen LogP contribution in [0.3, 0.4) is 0 Å². The third kappa shape index (κ3) is 6.27. The van der Waals surface area contributed by atoms with Gasteiger partial charge in [-0.05, 0) is 68.1 Å². The smallest absolute Gasteiger partial charge is 0.440 e. The molecule has 11 heteroatoms. The van der Waals surface area contributed by atoms with Gasteiger partial charge in [0.25, 0.3) is 5.56 Å². The Balaban J connectivity index is 1.75. The molecule has 5 nitrogen and oxygen atoms in total. The second-order valence-corrected chi connectivity index (χ2v) is 9.49. The number of oxazole rings is 1. The summed E-state index contributed by atoms with van der Waals surface area (Å²) in [6.45, 7) is 3.59. The van der Waals surface area contributed by atoms with E-state index >= 15 is 0 Å².